The van der Waals surface area contributed by atoms with Crippen LogP contribution < -0.4 is 16.0 Å². The number of amides is 2. The molecular formula is C20H23N5O2. The van der Waals surface area contributed by atoms with E-state index in [-0.39, 0.29) is 6.03 Å². The molecule has 3 rings (SSSR count). The predicted molar refractivity (Wildman–Crippen MR) is 106 cm³/mol. The third-order valence-corrected chi connectivity index (χ3v) is 4.20. The highest BCUT2D eigenvalue weighted by atomic mass is 16.5. The van der Waals surface area contributed by atoms with Gasteiger partial charge < -0.3 is 20.5 Å². The van der Waals surface area contributed by atoms with Crippen LogP contribution in [-0.4, -0.2) is 29.8 Å². The van der Waals surface area contributed by atoms with E-state index in [1.165, 1.54) is 0 Å². The van der Waals surface area contributed by atoms with Crippen molar-refractivity contribution in [2.45, 2.75) is 20.3 Å². The maximum absolute atomic E-state index is 12.3. The first-order chi connectivity index (χ1) is 13.1. The van der Waals surface area contributed by atoms with Crippen LogP contribution in [0.3, 0.4) is 0 Å². The van der Waals surface area contributed by atoms with E-state index in [1.54, 1.807) is 6.92 Å². The maximum Gasteiger partial charge on any atom is 0.319 e. The van der Waals surface area contributed by atoms with E-state index in [0.29, 0.717) is 30.1 Å². The molecule has 140 valence electrons. The third kappa shape index (κ3) is 4.44. The van der Waals surface area contributed by atoms with Crippen molar-refractivity contribution in [2.75, 3.05) is 24.2 Å². The Morgan fingerprint density at radius 2 is 1.89 bits per heavy atom. The highest BCUT2D eigenvalue weighted by Gasteiger charge is 2.17. The summed E-state index contributed by atoms with van der Waals surface area (Å²) in [6.07, 6.45) is 0.635. The molecule has 0 atom stereocenters. The molecule has 3 N–H and O–H groups in total. The molecular weight excluding hydrogens is 342 g/mol. The van der Waals surface area contributed by atoms with Crippen molar-refractivity contribution < 1.29 is 9.32 Å². The summed E-state index contributed by atoms with van der Waals surface area (Å²) >= 11 is 0. The molecule has 2 amide bonds. The van der Waals surface area contributed by atoms with E-state index >= 15 is 0 Å². The van der Waals surface area contributed by atoms with E-state index < -0.39 is 0 Å². The largest absolute Gasteiger partial charge is 0.373 e. The Hall–Kier alpha value is -3.35. The smallest absolute Gasteiger partial charge is 0.319 e. The standard InChI is InChI=1S/C20H23N5O2/c1-13-9-10-16(23-19(13)21-3)11-12-22-20(26)24-17-14(2)25-27-18(17)15-7-5-4-6-8-15/h4-10H,11-12H2,1-3H3,(H,21,23)(H2,22,24,26). The Morgan fingerprint density at radius 3 is 2.63 bits per heavy atom. The van der Waals surface area contributed by atoms with Crippen LogP contribution in [0.1, 0.15) is 17.0 Å². The fourth-order valence-corrected chi connectivity index (χ4v) is 2.73. The third-order valence-electron chi connectivity index (χ3n) is 4.20. The highest BCUT2D eigenvalue weighted by molar-refractivity contribution is 5.93. The number of aryl methyl sites for hydroxylation is 2. The predicted octanol–water partition coefficient (Wildman–Crippen LogP) is 3.76. The van der Waals surface area contributed by atoms with Gasteiger partial charge in [-0.1, -0.05) is 41.6 Å². The van der Waals surface area contributed by atoms with Crippen LogP contribution in [0.15, 0.2) is 47.0 Å². The minimum Gasteiger partial charge on any atom is -0.373 e. The number of carbonyl (C=O) groups is 1. The van der Waals surface area contributed by atoms with Gasteiger partial charge in [0, 0.05) is 31.3 Å². The Labute approximate surface area is 158 Å². The van der Waals surface area contributed by atoms with Gasteiger partial charge in [0.25, 0.3) is 0 Å². The average molecular weight is 365 g/mol. The lowest BCUT2D eigenvalue weighted by Gasteiger charge is -2.09. The molecule has 0 spiro atoms. The molecule has 0 aliphatic rings. The monoisotopic (exact) mass is 365 g/mol. The summed E-state index contributed by atoms with van der Waals surface area (Å²) in [5, 5.41) is 12.7. The number of nitrogens with one attached hydrogen (secondary N) is 3. The van der Waals surface area contributed by atoms with Gasteiger partial charge in [-0.15, -0.1) is 0 Å². The van der Waals surface area contributed by atoms with Gasteiger partial charge in [-0.05, 0) is 25.5 Å². The molecule has 0 saturated heterocycles. The van der Waals surface area contributed by atoms with Crippen molar-refractivity contribution in [3.63, 3.8) is 0 Å². The topological polar surface area (TPSA) is 92.1 Å². The highest BCUT2D eigenvalue weighted by Crippen LogP contribution is 2.30. The molecule has 0 fully saturated rings. The first-order valence-corrected chi connectivity index (χ1v) is 8.79. The fraction of sp³-hybridized carbons (Fsp3) is 0.250. The van der Waals surface area contributed by atoms with Crippen LogP contribution in [0.25, 0.3) is 11.3 Å². The fourth-order valence-electron chi connectivity index (χ4n) is 2.73. The zero-order valence-electron chi connectivity index (χ0n) is 15.7. The molecule has 3 aromatic rings. The van der Waals surface area contributed by atoms with Crippen LogP contribution in [-0.2, 0) is 6.42 Å². The number of hydrogen-bond donors (Lipinski definition) is 3. The summed E-state index contributed by atoms with van der Waals surface area (Å²) in [5.41, 5.74) is 4.06. The molecule has 0 aliphatic carbocycles. The first-order valence-electron chi connectivity index (χ1n) is 8.79. The lowest BCUT2D eigenvalue weighted by molar-refractivity contribution is 0.252. The average Bonchev–Trinajstić information content (AvgIpc) is 3.04. The van der Waals surface area contributed by atoms with Gasteiger partial charge in [0.05, 0.1) is 0 Å². The van der Waals surface area contributed by atoms with Crippen molar-refractivity contribution in [2.24, 2.45) is 0 Å². The van der Waals surface area contributed by atoms with Gasteiger partial charge in [0.15, 0.2) is 5.76 Å². The molecule has 0 radical (unpaired) electrons. The minimum atomic E-state index is -0.306. The van der Waals surface area contributed by atoms with E-state index in [9.17, 15) is 4.79 Å². The van der Waals surface area contributed by atoms with E-state index in [1.807, 2.05) is 56.4 Å². The summed E-state index contributed by atoms with van der Waals surface area (Å²) < 4.78 is 5.38. The summed E-state index contributed by atoms with van der Waals surface area (Å²) in [6, 6.07) is 13.2. The number of aromatic nitrogens is 2. The molecule has 1 aromatic carbocycles. The number of benzene rings is 1. The van der Waals surface area contributed by atoms with Gasteiger partial charge in [0.1, 0.15) is 17.2 Å². The molecule has 2 aromatic heterocycles. The van der Waals surface area contributed by atoms with Crippen molar-refractivity contribution >= 4 is 17.5 Å². The van der Waals surface area contributed by atoms with Crippen molar-refractivity contribution in [3.8, 4) is 11.3 Å². The second-order valence-corrected chi connectivity index (χ2v) is 6.19. The Morgan fingerprint density at radius 1 is 1.11 bits per heavy atom. The molecule has 0 saturated carbocycles. The molecule has 0 unspecified atom stereocenters. The van der Waals surface area contributed by atoms with Crippen LogP contribution in [0.2, 0.25) is 0 Å². The molecule has 7 nitrogen and oxygen atoms in total. The van der Waals surface area contributed by atoms with Gasteiger partial charge in [-0.3, -0.25) is 0 Å². The summed E-state index contributed by atoms with van der Waals surface area (Å²) in [4.78, 5) is 16.8. The SMILES string of the molecule is CNc1nc(CCNC(=O)Nc2c(C)noc2-c2ccccc2)ccc1C. The lowest BCUT2D eigenvalue weighted by Crippen LogP contribution is -2.30. The number of urea groups is 1. The Bertz CT molecular complexity index is 921. The summed E-state index contributed by atoms with van der Waals surface area (Å²) in [5.74, 6) is 1.40. The second kappa shape index (κ2) is 8.35. The molecule has 0 bridgehead atoms. The van der Waals surface area contributed by atoms with Crippen molar-refractivity contribution in [3.05, 3.63) is 59.4 Å². The maximum atomic E-state index is 12.3. The number of pyridine rings is 1. The number of carbonyl (C=O) groups excluding carboxylic acids is 1. The molecule has 2 heterocycles. The normalized spacial score (nSPS) is 10.5. The van der Waals surface area contributed by atoms with Crippen LogP contribution >= 0.6 is 0 Å². The summed E-state index contributed by atoms with van der Waals surface area (Å²) in [7, 11) is 1.84. The van der Waals surface area contributed by atoms with Crippen LogP contribution in [0.4, 0.5) is 16.3 Å². The van der Waals surface area contributed by atoms with Gasteiger partial charge >= 0.3 is 6.03 Å². The number of hydrogen-bond acceptors (Lipinski definition) is 5. The van der Waals surface area contributed by atoms with E-state index in [0.717, 1.165) is 22.6 Å². The zero-order chi connectivity index (χ0) is 19.2. The van der Waals surface area contributed by atoms with Crippen molar-refractivity contribution in [1.82, 2.24) is 15.5 Å². The van der Waals surface area contributed by atoms with E-state index in [4.69, 9.17) is 4.52 Å². The van der Waals surface area contributed by atoms with Gasteiger partial charge in [-0.2, -0.15) is 0 Å². The van der Waals surface area contributed by atoms with E-state index in [2.05, 4.69) is 26.1 Å². The Balaban J connectivity index is 1.60. The number of anilines is 2. The molecule has 27 heavy (non-hydrogen) atoms. The van der Waals surface area contributed by atoms with Crippen LogP contribution in [0.5, 0.6) is 0 Å². The van der Waals surface area contributed by atoms with Crippen LogP contribution in [0, 0.1) is 13.8 Å². The first kappa shape index (κ1) is 18.4. The summed E-state index contributed by atoms with van der Waals surface area (Å²) in [6.45, 7) is 4.26. The number of rotatable bonds is 6. The molecule has 0 aliphatic heterocycles. The quantitative estimate of drug-likeness (QED) is 0.619. The van der Waals surface area contributed by atoms with Crippen molar-refractivity contribution in [1.29, 1.82) is 0 Å². The number of nitrogens with zero attached hydrogens (tertiary/aromatic N) is 2. The minimum absolute atomic E-state index is 0.306. The zero-order valence-corrected chi connectivity index (χ0v) is 15.7. The second-order valence-electron chi connectivity index (χ2n) is 6.19. The van der Waals surface area contributed by atoms with Gasteiger partial charge in [0.2, 0.25) is 0 Å². The Kier molecular flexibility index (Phi) is 5.71. The van der Waals surface area contributed by atoms with Gasteiger partial charge in [-0.25, -0.2) is 9.78 Å². The lowest BCUT2D eigenvalue weighted by atomic mass is 10.1. The molecule has 7 heteroatoms.